The average molecular weight is 262 g/mol. The average Bonchev–Trinajstić information content (AvgIpc) is 2.89. The second kappa shape index (κ2) is 6.24. The molecule has 2 aromatic rings. The smallest absolute Gasteiger partial charge is 0.130 e. The lowest BCUT2D eigenvalue weighted by molar-refractivity contribution is 0.299. The zero-order valence-electron chi connectivity index (χ0n) is 11.1. The first-order chi connectivity index (χ1) is 9.19. The Balaban J connectivity index is 2.13. The molecule has 0 spiro atoms. The number of rotatable bonds is 6. The SMILES string of the molecule is COc1ccc(OCc2cnoc2)c(CC(C)N)c1. The predicted molar refractivity (Wildman–Crippen MR) is 71.2 cm³/mol. The fraction of sp³-hybridized carbons (Fsp3) is 0.357. The molecule has 102 valence electrons. The van der Waals surface area contributed by atoms with Crippen LogP contribution in [0.25, 0.3) is 0 Å². The molecule has 1 heterocycles. The van der Waals surface area contributed by atoms with Gasteiger partial charge in [0.1, 0.15) is 24.4 Å². The van der Waals surface area contributed by atoms with Crippen LogP contribution in [0.5, 0.6) is 11.5 Å². The lowest BCUT2D eigenvalue weighted by Gasteiger charge is -2.14. The number of aromatic nitrogens is 1. The third-order valence-electron chi connectivity index (χ3n) is 2.69. The number of hydrogen-bond acceptors (Lipinski definition) is 5. The molecular formula is C14H18N2O3. The summed E-state index contributed by atoms with van der Waals surface area (Å²) in [6.07, 6.45) is 3.93. The molecule has 19 heavy (non-hydrogen) atoms. The maximum atomic E-state index is 5.85. The van der Waals surface area contributed by atoms with Crippen LogP contribution < -0.4 is 15.2 Å². The number of nitrogens with two attached hydrogens (primary N) is 1. The molecule has 0 aliphatic carbocycles. The molecule has 2 rings (SSSR count). The third-order valence-corrected chi connectivity index (χ3v) is 2.69. The summed E-state index contributed by atoms with van der Waals surface area (Å²) in [5, 5.41) is 3.64. The Morgan fingerprint density at radius 1 is 1.42 bits per heavy atom. The Morgan fingerprint density at radius 3 is 2.89 bits per heavy atom. The van der Waals surface area contributed by atoms with Gasteiger partial charge in [-0.2, -0.15) is 0 Å². The second-order valence-electron chi connectivity index (χ2n) is 4.48. The lowest BCUT2D eigenvalue weighted by Crippen LogP contribution is -2.18. The highest BCUT2D eigenvalue weighted by Crippen LogP contribution is 2.26. The van der Waals surface area contributed by atoms with Gasteiger partial charge in [0, 0.05) is 11.6 Å². The summed E-state index contributed by atoms with van der Waals surface area (Å²) in [6.45, 7) is 2.38. The maximum absolute atomic E-state index is 5.85. The van der Waals surface area contributed by atoms with Crippen molar-refractivity contribution in [3.63, 3.8) is 0 Å². The van der Waals surface area contributed by atoms with E-state index in [0.717, 1.165) is 29.0 Å². The van der Waals surface area contributed by atoms with Gasteiger partial charge < -0.3 is 19.7 Å². The van der Waals surface area contributed by atoms with E-state index in [0.29, 0.717) is 6.61 Å². The van der Waals surface area contributed by atoms with Crippen LogP contribution in [0.2, 0.25) is 0 Å². The van der Waals surface area contributed by atoms with Gasteiger partial charge in [-0.25, -0.2) is 0 Å². The van der Waals surface area contributed by atoms with E-state index in [4.69, 9.17) is 19.7 Å². The normalized spacial score (nSPS) is 12.2. The largest absolute Gasteiger partial charge is 0.497 e. The van der Waals surface area contributed by atoms with Crippen LogP contribution in [0.15, 0.2) is 35.2 Å². The van der Waals surface area contributed by atoms with E-state index < -0.39 is 0 Å². The third kappa shape index (κ3) is 3.72. The van der Waals surface area contributed by atoms with Gasteiger partial charge >= 0.3 is 0 Å². The van der Waals surface area contributed by atoms with Crippen molar-refractivity contribution in [3.05, 3.63) is 41.8 Å². The minimum absolute atomic E-state index is 0.0602. The van der Waals surface area contributed by atoms with E-state index in [2.05, 4.69) is 5.16 Å². The molecule has 0 bridgehead atoms. The van der Waals surface area contributed by atoms with Crippen molar-refractivity contribution in [1.82, 2.24) is 5.16 Å². The first kappa shape index (κ1) is 13.4. The molecule has 0 fully saturated rings. The number of hydrogen-bond donors (Lipinski definition) is 1. The zero-order chi connectivity index (χ0) is 13.7. The minimum Gasteiger partial charge on any atom is -0.497 e. The number of ether oxygens (including phenoxy) is 2. The summed E-state index contributed by atoms with van der Waals surface area (Å²) in [4.78, 5) is 0. The molecule has 0 aliphatic rings. The highest BCUT2D eigenvalue weighted by Gasteiger charge is 2.09. The topological polar surface area (TPSA) is 70.5 Å². The van der Waals surface area contributed by atoms with E-state index in [1.165, 1.54) is 0 Å². The van der Waals surface area contributed by atoms with Gasteiger partial charge in [-0.3, -0.25) is 0 Å². The van der Waals surface area contributed by atoms with E-state index in [9.17, 15) is 0 Å². The van der Waals surface area contributed by atoms with Crippen LogP contribution in [0, 0.1) is 0 Å². The van der Waals surface area contributed by atoms with Crippen LogP contribution >= 0.6 is 0 Å². The van der Waals surface area contributed by atoms with Gasteiger partial charge in [0.25, 0.3) is 0 Å². The molecule has 0 amide bonds. The summed E-state index contributed by atoms with van der Waals surface area (Å²) in [6, 6.07) is 5.77. The second-order valence-corrected chi connectivity index (χ2v) is 4.48. The molecule has 0 radical (unpaired) electrons. The minimum atomic E-state index is 0.0602. The van der Waals surface area contributed by atoms with Crippen LogP contribution in [0.4, 0.5) is 0 Å². The Hall–Kier alpha value is -2.01. The van der Waals surface area contributed by atoms with Crippen LogP contribution in [-0.4, -0.2) is 18.3 Å². The Labute approximate surface area is 112 Å². The van der Waals surface area contributed by atoms with Crippen LogP contribution in [0.3, 0.4) is 0 Å². The van der Waals surface area contributed by atoms with Crippen molar-refractivity contribution in [3.8, 4) is 11.5 Å². The lowest BCUT2D eigenvalue weighted by atomic mass is 10.1. The molecular weight excluding hydrogens is 244 g/mol. The summed E-state index contributed by atoms with van der Waals surface area (Å²) < 4.78 is 15.8. The Kier molecular flexibility index (Phi) is 4.41. The highest BCUT2D eigenvalue weighted by atomic mass is 16.5. The van der Waals surface area contributed by atoms with E-state index >= 15 is 0 Å². The molecule has 5 nitrogen and oxygen atoms in total. The Morgan fingerprint density at radius 2 is 2.26 bits per heavy atom. The van der Waals surface area contributed by atoms with Gasteiger partial charge in [0.05, 0.1) is 13.3 Å². The van der Waals surface area contributed by atoms with Crippen LogP contribution in [-0.2, 0) is 13.0 Å². The van der Waals surface area contributed by atoms with E-state index in [-0.39, 0.29) is 6.04 Å². The van der Waals surface area contributed by atoms with Crippen molar-refractivity contribution in [1.29, 1.82) is 0 Å². The van der Waals surface area contributed by atoms with Crippen molar-refractivity contribution in [2.24, 2.45) is 5.73 Å². The van der Waals surface area contributed by atoms with Gasteiger partial charge in [-0.1, -0.05) is 5.16 Å². The fourth-order valence-electron chi connectivity index (χ4n) is 1.79. The number of methoxy groups -OCH3 is 1. The molecule has 2 N–H and O–H groups in total. The molecule has 5 heteroatoms. The summed E-state index contributed by atoms with van der Waals surface area (Å²) in [5.41, 5.74) is 7.78. The molecule has 0 aliphatic heterocycles. The molecule has 1 aromatic carbocycles. The molecule has 0 saturated heterocycles. The summed E-state index contributed by atoms with van der Waals surface area (Å²) >= 11 is 0. The maximum Gasteiger partial charge on any atom is 0.130 e. The van der Waals surface area contributed by atoms with Gasteiger partial charge in [-0.05, 0) is 37.1 Å². The molecule has 1 atom stereocenters. The number of nitrogens with zero attached hydrogens (tertiary/aromatic N) is 1. The van der Waals surface area contributed by atoms with Gasteiger partial charge in [0.15, 0.2) is 0 Å². The molecule has 1 unspecified atom stereocenters. The van der Waals surface area contributed by atoms with Gasteiger partial charge in [-0.15, -0.1) is 0 Å². The van der Waals surface area contributed by atoms with E-state index in [1.54, 1.807) is 19.6 Å². The number of benzene rings is 1. The Bertz CT molecular complexity index is 509. The van der Waals surface area contributed by atoms with Gasteiger partial charge in [0.2, 0.25) is 0 Å². The van der Waals surface area contributed by atoms with Crippen molar-refractivity contribution in [2.75, 3.05) is 7.11 Å². The first-order valence-electron chi connectivity index (χ1n) is 6.12. The predicted octanol–water partition coefficient (Wildman–Crippen LogP) is 2.15. The summed E-state index contributed by atoms with van der Waals surface area (Å²) in [5.74, 6) is 1.60. The monoisotopic (exact) mass is 262 g/mol. The first-order valence-corrected chi connectivity index (χ1v) is 6.12. The van der Waals surface area contributed by atoms with Crippen molar-refractivity contribution < 1.29 is 14.0 Å². The van der Waals surface area contributed by atoms with Crippen molar-refractivity contribution in [2.45, 2.75) is 26.0 Å². The van der Waals surface area contributed by atoms with Crippen LogP contribution in [0.1, 0.15) is 18.1 Å². The van der Waals surface area contributed by atoms with E-state index in [1.807, 2.05) is 25.1 Å². The summed E-state index contributed by atoms with van der Waals surface area (Å²) in [7, 11) is 1.64. The fourth-order valence-corrected chi connectivity index (χ4v) is 1.79. The quantitative estimate of drug-likeness (QED) is 0.863. The van der Waals surface area contributed by atoms with Crippen molar-refractivity contribution >= 4 is 0 Å². The molecule has 1 aromatic heterocycles. The molecule has 0 saturated carbocycles. The zero-order valence-corrected chi connectivity index (χ0v) is 11.1. The highest BCUT2D eigenvalue weighted by molar-refractivity contribution is 5.40. The standard InChI is InChI=1S/C14H18N2O3/c1-10(15)5-12-6-13(17-2)3-4-14(12)18-8-11-7-16-19-9-11/h3-4,6-7,9-10H,5,8,15H2,1-2H3.